The van der Waals surface area contributed by atoms with E-state index in [-0.39, 0.29) is 29.0 Å². The summed E-state index contributed by atoms with van der Waals surface area (Å²) in [7, 11) is -3.42. The van der Waals surface area contributed by atoms with E-state index in [1.165, 1.54) is 29.8 Å². The molecule has 1 amide bonds. The third kappa shape index (κ3) is 7.94. The molecular weight excluding hydrogens is 486 g/mol. The van der Waals surface area contributed by atoms with Crippen molar-refractivity contribution in [1.82, 2.24) is 10.6 Å². The Labute approximate surface area is 210 Å². The Morgan fingerprint density at radius 1 is 0.944 bits per heavy atom. The minimum absolute atomic E-state index is 0.0178. The zero-order valence-electron chi connectivity index (χ0n) is 20.2. The van der Waals surface area contributed by atoms with Crippen molar-refractivity contribution in [2.45, 2.75) is 43.4 Å². The Bertz CT molecular complexity index is 1280. The summed E-state index contributed by atoms with van der Waals surface area (Å²) in [5.74, 6) is -2.06. The monoisotopic (exact) mass is 516 g/mol. The van der Waals surface area contributed by atoms with E-state index in [0.29, 0.717) is 6.54 Å². The van der Waals surface area contributed by atoms with E-state index >= 15 is 0 Å². The predicted octanol–water partition coefficient (Wildman–Crippen LogP) is 3.42. The largest absolute Gasteiger partial charge is 0.390 e. The molecule has 0 saturated heterocycles. The third-order valence-corrected chi connectivity index (χ3v) is 6.91. The first-order chi connectivity index (χ1) is 17.0. The van der Waals surface area contributed by atoms with Crippen molar-refractivity contribution in [2.75, 3.05) is 12.8 Å². The zero-order chi connectivity index (χ0) is 26.3. The highest BCUT2D eigenvalue weighted by Crippen LogP contribution is 2.14. The molecule has 36 heavy (non-hydrogen) atoms. The number of benzene rings is 3. The molecule has 0 aromatic heterocycles. The molecule has 0 spiro atoms. The van der Waals surface area contributed by atoms with Crippen molar-refractivity contribution in [3.05, 3.63) is 101 Å². The Morgan fingerprint density at radius 3 is 2.19 bits per heavy atom. The van der Waals surface area contributed by atoms with Crippen LogP contribution in [0.5, 0.6) is 0 Å². The molecule has 0 bridgehead atoms. The lowest BCUT2D eigenvalue weighted by molar-refractivity contribution is 0.0829. The highest BCUT2D eigenvalue weighted by Gasteiger charge is 2.23. The molecular formula is C27H30F2N2O4S. The van der Waals surface area contributed by atoms with Crippen molar-refractivity contribution in [1.29, 1.82) is 0 Å². The zero-order valence-corrected chi connectivity index (χ0v) is 21.0. The number of hydrogen-bond donors (Lipinski definition) is 3. The third-order valence-electron chi connectivity index (χ3n) is 5.79. The summed E-state index contributed by atoms with van der Waals surface area (Å²) in [6.07, 6.45) is 0.874. The number of carbonyl (C=O) groups excluding carboxylic acids is 1. The summed E-state index contributed by atoms with van der Waals surface area (Å²) in [4.78, 5) is 12.9. The van der Waals surface area contributed by atoms with Gasteiger partial charge in [-0.25, -0.2) is 17.2 Å². The van der Waals surface area contributed by atoms with Gasteiger partial charge in [-0.2, -0.15) is 0 Å². The molecule has 0 radical (unpaired) electrons. The smallest absolute Gasteiger partial charge is 0.251 e. The number of rotatable bonds is 11. The van der Waals surface area contributed by atoms with Crippen LogP contribution in [-0.4, -0.2) is 44.4 Å². The molecule has 0 aliphatic rings. The second-order valence-electron chi connectivity index (χ2n) is 8.73. The molecule has 9 heteroatoms. The maximum absolute atomic E-state index is 13.7. The van der Waals surface area contributed by atoms with E-state index in [4.69, 9.17) is 0 Å². The average Bonchev–Trinajstić information content (AvgIpc) is 2.82. The molecule has 2 atom stereocenters. The predicted molar refractivity (Wildman–Crippen MR) is 134 cm³/mol. The van der Waals surface area contributed by atoms with Crippen LogP contribution in [0.1, 0.15) is 34.0 Å². The first kappa shape index (κ1) is 27.4. The van der Waals surface area contributed by atoms with Gasteiger partial charge in [0.2, 0.25) is 0 Å². The van der Waals surface area contributed by atoms with Crippen LogP contribution in [0.15, 0.2) is 71.6 Å². The van der Waals surface area contributed by atoms with E-state index < -0.39 is 39.5 Å². The van der Waals surface area contributed by atoms with Crippen LogP contribution < -0.4 is 10.6 Å². The van der Waals surface area contributed by atoms with Crippen molar-refractivity contribution < 1.29 is 27.1 Å². The fourth-order valence-electron chi connectivity index (χ4n) is 3.84. The van der Waals surface area contributed by atoms with E-state index in [9.17, 15) is 27.1 Å². The minimum Gasteiger partial charge on any atom is -0.390 e. The van der Waals surface area contributed by atoms with Crippen LogP contribution in [0.25, 0.3) is 0 Å². The summed E-state index contributed by atoms with van der Waals surface area (Å²) in [6, 6.07) is 15.6. The standard InChI is InChI=1S/C27H30F2N2O4S/c1-3-18-5-4-6-19(11-18)16-30-17-26(32)25(14-20-12-22(28)15-23(29)13-20)31-27(33)21-7-9-24(10-8-21)36(2,34)35/h4-13,15,25-26,30,32H,3,14,16-17H2,1-2H3,(H,31,33). The number of sulfone groups is 1. The molecule has 0 aliphatic carbocycles. The van der Waals surface area contributed by atoms with E-state index in [0.717, 1.165) is 36.4 Å². The summed E-state index contributed by atoms with van der Waals surface area (Å²) >= 11 is 0. The Morgan fingerprint density at radius 2 is 1.58 bits per heavy atom. The van der Waals surface area contributed by atoms with Gasteiger partial charge in [0.1, 0.15) is 11.6 Å². The molecule has 3 aromatic carbocycles. The van der Waals surface area contributed by atoms with Gasteiger partial charge in [-0.3, -0.25) is 4.79 Å². The molecule has 0 aliphatic heterocycles. The van der Waals surface area contributed by atoms with Gasteiger partial charge in [0.15, 0.2) is 9.84 Å². The molecule has 192 valence electrons. The number of nitrogens with one attached hydrogen (secondary N) is 2. The van der Waals surface area contributed by atoms with Crippen LogP contribution in [0.3, 0.4) is 0 Å². The fraction of sp³-hybridized carbons (Fsp3) is 0.296. The summed E-state index contributed by atoms with van der Waals surface area (Å²) in [6.45, 7) is 2.67. The van der Waals surface area contributed by atoms with E-state index in [1.807, 2.05) is 18.2 Å². The second-order valence-corrected chi connectivity index (χ2v) is 10.7. The topological polar surface area (TPSA) is 95.5 Å². The number of carbonyl (C=O) groups is 1. The molecule has 3 rings (SSSR count). The highest BCUT2D eigenvalue weighted by molar-refractivity contribution is 7.90. The van der Waals surface area contributed by atoms with Crippen molar-refractivity contribution in [2.24, 2.45) is 0 Å². The normalized spacial score (nSPS) is 13.2. The number of aliphatic hydroxyl groups excluding tert-OH is 1. The quantitative estimate of drug-likeness (QED) is 0.363. The molecule has 3 aromatic rings. The first-order valence-electron chi connectivity index (χ1n) is 11.6. The lowest BCUT2D eigenvalue weighted by Crippen LogP contribution is -2.48. The summed E-state index contributed by atoms with van der Waals surface area (Å²) < 4.78 is 50.8. The van der Waals surface area contributed by atoms with Crippen LogP contribution >= 0.6 is 0 Å². The SMILES string of the molecule is CCc1cccc(CNCC(O)C(Cc2cc(F)cc(F)c2)NC(=O)c2ccc(S(C)(=O)=O)cc2)c1. The van der Waals surface area contributed by atoms with Crippen molar-refractivity contribution in [3.8, 4) is 0 Å². The second kappa shape index (κ2) is 12.2. The van der Waals surface area contributed by atoms with Crippen LogP contribution in [0.4, 0.5) is 8.78 Å². The summed E-state index contributed by atoms with van der Waals surface area (Å²) in [5.41, 5.74) is 2.70. The van der Waals surface area contributed by atoms with Gasteiger partial charge in [0.25, 0.3) is 5.91 Å². The molecule has 0 saturated carbocycles. The van der Waals surface area contributed by atoms with Crippen LogP contribution in [-0.2, 0) is 29.2 Å². The minimum atomic E-state index is -3.42. The Kier molecular flexibility index (Phi) is 9.31. The number of hydrogen-bond acceptors (Lipinski definition) is 5. The number of aliphatic hydroxyl groups is 1. The lowest BCUT2D eigenvalue weighted by atomic mass is 10.00. The van der Waals surface area contributed by atoms with Gasteiger partial charge < -0.3 is 15.7 Å². The fourth-order valence-corrected chi connectivity index (χ4v) is 4.47. The van der Waals surface area contributed by atoms with Crippen molar-refractivity contribution >= 4 is 15.7 Å². The van der Waals surface area contributed by atoms with Gasteiger partial charge in [-0.05, 0) is 65.9 Å². The Hall–Kier alpha value is -3.14. The van der Waals surface area contributed by atoms with Gasteiger partial charge in [0.05, 0.1) is 17.0 Å². The molecule has 2 unspecified atom stereocenters. The van der Waals surface area contributed by atoms with Crippen molar-refractivity contribution in [3.63, 3.8) is 0 Å². The number of aryl methyl sites for hydroxylation is 1. The molecule has 0 heterocycles. The van der Waals surface area contributed by atoms with E-state index in [1.54, 1.807) is 0 Å². The molecule has 0 fully saturated rings. The van der Waals surface area contributed by atoms with Gasteiger partial charge in [-0.1, -0.05) is 31.2 Å². The maximum atomic E-state index is 13.7. The first-order valence-corrected chi connectivity index (χ1v) is 13.5. The Balaban J connectivity index is 1.73. The van der Waals surface area contributed by atoms with Crippen LogP contribution in [0, 0.1) is 11.6 Å². The summed E-state index contributed by atoms with van der Waals surface area (Å²) in [5, 5.41) is 16.8. The highest BCUT2D eigenvalue weighted by atomic mass is 32.2. The number of halogens is 2. The lowest BCUT2D eigenvalue weighted by Gasteiger charge is -2.25. The molecule has 6 nitrogen and oxygen atoms in total. The number of amides is 1. The van der Waals surface area contributed by atoms with Gasteiger partial charge >= 0.3 is 0 Å². The maximum Gasteiger partial charge on any atom is 0.251 e. The van der Waals surface area contributed by atoms with Gasteiger partial charge in [0, 0.05) is 31.0 Å². The van der Waals surface area contributed by atoms with E-state index in [2.05, 4.69) is 23.6 Å². The molecule has 3 N–H and O–H groups in total. The van der Waals surface area contributed by atoms with Crippen LogP contribution in [0.2, 0.25) is 0 Å². The average molecular weight is 517 g/mol. The van der Waals surface area contributed by atoms with Gasteiger partial charge in [-0.15, -0.1) is 0 Å².